The fraction of sp³-hybridized carbons (Fsp3) is 0.333. The summed E-state index contributed by atoms with van der Waals surface area (Å²) in [5.74, 6) is 0.723. The van der Waals surface area contributed by atoms with Crippen LogP contribution in [0.2, 0.25) is 0 Å². The average molecular weight is 314 g/mol. The molecule has 0 N–H and O–H groups in total. The monoisotopic (exact) mass is 314 g/mol. The molecule has 8 nitrogen and oxygen atoms in total. The van der Waals surface area contributed by atoms with Crippen molar-refractivity contribution in [3.05, 3.63) is 29.8 Å². The highest BCUT2D eigenvalue weighted by atomic mass is 32.2. The van der Waals surface area contributed by atoms with Crippen molar-refractivity contribution in [1.82, 2.24) is 0 Å². The van der Waals surface area contributed by atoms with Gasteiger partial charge >= 0.3 is 0 Å². The Morgan fingerprint density at radius 3 is 2.67 bits per heavy atom. The number of hydrogen-bond acceptors (Lipinski definition) is 8. The highest BCUT2D eigenvalue weighted by Crippen LogP contribution is 2.26. The maximum Gasteiger partial charge on any atom is 0.286 e. The average Bonchev–Trinajstić information content (AvgIpc) is 2.76. The first kappa shape index (κ1) is 15.3. The zero-order valence-corrected chi connectivity index (χ0v) is 12.3. The summed E-state index contributed by atoms with van der Waals surface area (Å²) in [4.78, 5) is 9.71. The number of para-hydroxylation sites is 1. The van der Waals surface area contributed by atoms with Gasteiger partial charge in [-0.2, -0.15) is 8.42 Å². The molecule has 0 radical (unpaired) electrons. The Labute approximate surface area is 122 Å². The van der Waals surface area contributed by atoms with E-state index in [1.165, 1.54) is 7.11 Å². The van der Waals surface area contributed by atoms with Crippen LogP contribution in [-0.2, 0) is 24.0 Å². The molecular weight excluding hydrogens is 300 g/mol. The molecule has 1 aromatic rings. The van der Waals surface area contributed by atoms with Crippen LogP contribution in [0.1, 0.15) is 5.56 Å². The fourth-order valence-corrected chi connectivity index (χ4v) is 1.96. The smallest absolute Gasteiger partial charge is 0.286 e. The van der Waals surface area contributed by atoms with Gasteiger partial charge in [-0.25, -0.2) is 0 Å². The van der Waals surface area contributed by atoms with Gasteiger partial charge in [-0.05, 0) is 17.3 Å². The van der Waals surface area contributed by atoms with Gasteiger partial charge in [0.1, 0.15) is 26.1 Å². The maximum atomic E-state index is 10.8. The number of nitrogens with zero attached hydrogens (tertiary/aromatic N) is 2. The van der Waals surface area contributed by atoms with Crippen molar-refractivity contribution in [3.8, 4) is 5.75 Å². The summed E-state index contributed by atoms with van der Waals surface area (Å²) in [6.07, 6.45) is 0.957. The Bertz CT molecular complexity index is 668. The lowest BCUT2D eigenvalue weighted by atomic mass is 10.1. The third kappa shape index (κ3) is 4.17. The number of hydrogen-bond donors (Lipinski definition) is 0. The van der Waals surface area contributed by atoms with E-state index in [1.807, 2.05) is 18.2 Å². The number of ether oxygens (including phenoxy) is 1. The van der Waals surface area contributed by atoms with E-state index in [9.17, 15) is 8.42 Å². The molecule has 2 rings (SSSR count). The number of oxime groups is 2. The molecule has 21 heavy (non-hydrogen) atoms. The van der Waals surface area contributed by atoms with Crippen LogP contribution < -0.4 is 4.74 Å². The van der Waals surface area contributed by atoms with E-state index in [1.54, 1.807) is 6.07 Å². The van der Waals surface area contributed by atoms with Gasteiger partial charge in [0, 0.05) is 0 Å². The van der Waals surface area contributed by atoms with Gasteiger partial charge < -0.3 is 14.4 Å². The lowest BCUT2D eigenvalue weighted by Crippen LogP contribution is -2.15. The molecule has 0 bridgehead atoms. The number of benzene rings is 1. The summed E-state index contributed by atoms with van der Waals surface area (Å²) in [5.41, 5.74) is 1.13. The predicted octanol–water partition coefficient (Wildman–Crippen LogP) is 0.736. The van der Waals surface area contributed by atoms with Gasteiger partial charge in [-0.15, -0.1) is 0 Å². The second-order valence-electron chi connectivity index (χ2n) is 3.98. The SMILES string of the molecule is CON=C1/C(=N/OCCOS(C)(=O)=O)Oc2ccccc21. The van der Waals surface area contributed by atoms with Gasteiger partial charge in [0.25, 0.3) is 16.0 Å². The van der Waals surface area contributed by atoms with Crippen molar-refractivity contribution < 1.29 is 27.0 Å². The van der Waals surface area contributed by atoms with Crippen LogP contribution in [-0.4, -0.2) is 46.6 Å². The normalized spacial score (nSPS) is 17.6. The number of rotatable bonds is 6. The van der Waals surface area contributed by atoms with E-state index in [4.69, 9.17) is 14.4 Å². The molecule has 0 fully saturated rings. The third-order valence-electron chi connectivity index (χ3n) is 2.35. The van der Waals surface area contributed by atoms with Crippen molar-refractivity contribution in [2.75, 3.05) is 26.6 Å². The van der Waals surface area contributed by atoms with Gasteiger partial charge in [0.2, 0.25) is 0 Å². The minimum atomic E-state index is -3.49. The first-order valence-electron chi connectivity index (χ1n) is 5.94. The van der Waals surface area contributed by atoms with Crippen LogP contribution in [0.15, 0.2) is 34.6 Å². The molecule has 0 atom stereocenters. The molecule has 0 unspecified atom stereocenters. The Kier molecular flexibility index (Phi) is 4.76. The Balaban J connectivity index is 2.00. The highest BCUT2D eigenvalue weighted by Gasteiger charge is 2.28. The minimum absolute atomic E-state index is 0.0451. The van der Waals surface area contributed by atoms with Crippen molar-refractivity contribution in [1.29, 1.82) is 0 Å². The zero-order chi connectivity index (χ0) is 15.3. The lowest BCUT2D eigenvalue weighted by Gasteiger charge is -2.01. The molecule has 0 spiro atoms. The second kappa shape index (κ2) is 6.55. The zero-order valence-electron chi connectivity index (χ0n) is 11.5. The molecule has 0 amide bonds. The number of fused-ring (bicyclic) bond motifs is 1. The summed E-state index contributed by atoms with van der Waals surface area (Å²) in [7, 11) is -2.08. The van der Waals surface area contributed by atoms with E-state index in [0.717, 1.165) is 11.8 Å². The van der Waals surface area contributed by atoms with Gasteiger partial charge in [-0.1, -0.05) is 17.3 Å². The molecule has 9 heteroatoms. The standard InChI is InChI=1S/C12H14N2O6S/c1-17-13-11-9-5-3-4-6-10(9)20-12(11)14-18-7-8-19-21(2,15)16/h3-6H,7-8H2,1-2H3/b13-11?,14-12-. The summed E-state index contributed by atoms with van der Waals surface area (Å²) < 4.78 is 31.5. The minimum Gasteiger partial charge on any atom is -0.434 e. The first-order valence-corrected chi connectivity index (χ1v) is 7.76. The van der Waals surface area contributed by atoms with Crippen LogP contribution >= 0.6 is 0 Å². The molecule has 1 aromatic carbocycles. The molecule has 0 saturated carbocycles. The second-order valence-corrected chi connectivity index (χ2v) is 5.62. The summed E-state index contributed by atoms with van der Waals surface area (Å²) in [6.45, 7) is -0.185. The van der Waals surface area contributed by atoms with E-state index in [2.05, 4.69) is 14.5 Å². The molecule has 1 aliphatic heterocycles. The summed E-state index contributed by atoms with van der Waals surface area (Å²) in [5, 5.41) is 7.60. The Morgan fingerprint density at radius 1 is 1.19 bits per heavy atom. The molecule has 1 aliphatic rings. The van der Waals surface area contributed by atoms with Crippen LogP contribution in [0, 0.1) is 0 Å². The van der Waals surface area contributed by atoms with Crippen LogP contribution in [0.5, 0.6) is 5.75 Å². The van der Waals surface area contributed by atoms with Crippen LogP contribution in [0.4, 0.5) is 0 Å². The third-order valence-corrected chi connectivity index (χ3v) is 2.95. The Hall–Kier alpha value is -2.13. The van der Waals surface area contributed by atoms with Crippen molar-refractivity contribution in [2.24, 2.45) is 10.3 Å². The quantitative estimate of drug-likeness (QED) is 0.436. The van der Waals surface area contributed by atoms with Crippen molar-refractivity contribution in [3.63, 3.8) is 0 Å². The first-order chi connectivity index (χ1) is 10.0. The largest absolute Gasteiger partial charge is 0.434 e. The molecule has 0 aliphatic carbocycles. The molecule has 1 heterocycles. The van der Waals surface area contributed by atoms with E-state index < -0.39 is 10.1 Å². The van der Waals surface area contributed by atoms with Crippen LogP contribution in [0.3, 0.4) is 0 Å². The van der Waals surface area contributed by atoms with Gasteiger partial charge in [0.15, 0.2) is 5.71 Å². The Morgan fingerprint density at radius 2 is 1.95 bits per heavy atom. The van der Waals surface area contributed by atoms with Gasteiger partial charge in [-0.3, -0.25) is 4.18 Å². The van der Waals surface area contributed by atoms with E-state index in [-0.39, 0.29) is 19.1 Å². The van der Waals surface area contributed by atoms with Crippen molar-refractivity contribution in [2.45, 2.75) is 0 Å². The molecular formula is C12H14N2O6S. The van der Waals surface area contributed by atoms with Crippen molar-refractivity contribution >= 4 is 21.7 Å². The van der Waals surface area contributed by atoms with Crippen LogP contribution in [0.25, 0.3) is 0 Å². The molecule has 0 saturated heterocycles. The molecule has 114 valence electrons. The molecule has 0 aromatic heterocycles. The lowest BCUT2D eigenvalue weighted by molar-refractivity contribution is 0.107. The fourth-order valence-electron chi connectivity index (χ4n) is 1.59. The van der Waals surface area contributed by atoms with E-state index >= 15 is 0 Å². The summed E-state index contributed by atoms with van der Waals surface area (Å²) in [6, 6.07) is 7.21. The highest BCUT2D eigenvalue weighted by molar-refractivity contribution is 7.85. The van der Waals surface area contributed by atoms with E-state index in [0.29, 0.717) is 11.5 Å². The van der Waals surface area contributed by atoms with Gasteiger partial charge in [0.05, 0.1) is 11.8 Å². The topological polar surface area (TPSA) is 95.8 Å². The summed E-state index contributed by atoms with van der Waals surface area (Å²) >= 11 is 0. The predicted molar refractivity (Wildman–Crippen MR) is 74.8 cm³/mol. The maximum absolute atomic E-state index is 10.8.